The average molecular weight is 313 g/mol. The van der Waals surface area contributed by atoms with Gasteiger partial charge in [-0.1, -0.05) is 90.9 Å². The molecule has 0 spiro atoms. The molecule has 0 amide bonds. The van der Waals surface area contributed by atoms with Crippen molar-refractivity contribution >= 4 is 0 Å². The Kier molecular flexibility index (Phi) is 17.2. The van der Waals surface area contributed by atoms with Gasteiger partial charge >= 0.3 is 0 Å². The van der Waals surface area contributed by atoms with E-state index in [-0.39, 0.29) is 0 Å². The molecule has 0 aliphatic rings. The highest BCUT2D eigenvalue weighted by molar-refractivity contribution is 4.62. The first kappa shape index (κ1) is 21.9. The summed E-state index contributed by atoms with van der Waals surface area (Å²) in [5.74, 6) is 0. The second-order valence-electron chi connectivity index (χ2n) is 7.18. The molecule has 0 radical (unpaired) electrons. The predicted molar refractivity (Wildman–Crippen MR) is 101 cm³/mol. The maximum Gasteiger partial charge on any atom is 0.00388 e. The van der Waals surface area contributed by atoms with Crippen LogP contribution in [-0.2, 0) is 0 Å². The van der Waals surface area contributed by atoms with Crippen molar-refractivity contribution in [1.29, 1.82) is 0 Å². The van der Waals surface area contributed by atoms with Crippen LogP contribution >= 0.6 is 0 Å². The largest absolute Gasteiger partial charge is 0.328 e. The number of rotatable bonds is 17. The molecule has 0 saturated heterocycles. The van der Waals surface area contributed by atoms with E-state index in [0.717, 1.165) is 6.42 Å². The first-order valence-corrected chi connectivity index (χ1v) is 10.2. The van der Waals surface area contributed by atoms with Gasteiger partial charge in [0.1, 0.15) is 0 Å². The van der Waals surface area contributed by atoms with Crippen LogP contribution in [0.25, 0.3) is 0 Å². The van der Waals surface area contributed by atoms with E-state index in [0.29, 0.717) is 12.1 Å². The van der Waals surface area contributed by atoms with Gasteiger partial charge in [0.25, 0.3) is 0 Å². The molecule has 2 unspecified atom stereocenters. The molecule has 0 saturated carbocycles. The number of nitrogens with two attached hydrogens (primary N) is 2. The Morgan fingerprint density at radius 1 is 0.500 bits per heavy atom. The lowest BCUT2D eigenvalue weighted by Gasteiger charge is -2.11. The highest BCUT2D eigenvalue weighted by atomic mass is 14.6. The Labute approximate surface area is 140 Å². The quantitative estimate of drug-likeness (QED) is 0.327. The second kappa shape index (κ2) is 17.3. The number of hydrogen-bond donors (Lipinski definition) is 2. The maximum atomic E-state index is 6.22. The molecule has 0 bridgehead atoms. The van der Waals surface area contributed by atoms with Crippen LogP contribution < -0.4 is 11.5 Å². The third-order valence-electron chi connectivity index (χ3n) is 4.85. The van der Waals surface area contributed by atoms with Crippen LogP contribution in [0.15, 0.2) is 0 Å². The minimum atomic E-state index is 0.426. The highest BCUT2D eigenvalue weighted by Gasteiger charge is 2.03. The summed E-state index contributed by atoms with van der Waals surface area (Å²) in [4.78, 5) is 0. The van der Waals surface area contributed by atoms with E-state index in [1.54, 1.807) is 0 Å². The summed E-state index contributed by atoms with van der Waals surface area (Å²) in [5.41, 5.74) is 12.1. The molecule has 22 heavy (non-hydrogen) atoms. The molecule has 0 aliphatic carbocycles. The number of unbranched alkanes of at least 4 members (excludes halogenated alkanes) is 10. The van der Waals surface area contributed by atoms with Gasteiger partial charge in [0.05, 0.1) is 0 Å². The molecular formula is C20H44N2. The smallest absolute Gasteiger partial charge is 0.00388 e. The normalized spacial score (nSPS) is 14.2. The summed E-state index contributed by atoms with van der Waals surface area (Å²) in [6.45, 7) is 4.45. The molecule has 0 aliphatic heterocycles. The Balaban J connectivity index is 3.17. The fourth-order valence-corrected chi connectivity index (χ4v) is 3.06. The van der Waals surface area contributed by atoms with Crippen molar-refractivity contribution in [3.05, 3.63) is 0 Å². The fraction of sp³-hybridized carbons (Fsp3) is 1.00. The van der Waals surface area contributed by atoms with Gasteiger partial charge in [-0.2, -0.15) is 0 Å². The Morgan fingerprint density at radius 2 is 0.864 bits per heavy atom. The minimum absolute atomic E-state index is 0.426. The highest BCUT2D eigenvalue weighted by Crippen LogP contribution is 2.13. The van der Waals surface area contributed by atoms with Crippen molar-refractivity contribution in [2.24, 2.45) is 11.5 Å². The van der Waals surface area contributed by atoms with Gasteiger partial charge in [-0.15, -0.1) is 0 Å². The van der Waals surface area contributed by atoms with Gasteiger partial charge in [-0.05, 0) is 25.7 Å². The Morgan fingerprint density at radius 3 is 1.27 bits per heavy atom. The molecule has 2 nitrogen and oxygen atoms in total. The van der Waals surface area contributed by atoms with E-state index in [2.05, 4.69) is 13.8 Å². The molecule has 0 aromatic heterocycles. The lowest BCUT2D eigenvalue weighted by Crippen LogP contribution is -2.19. The van der Waals surface area contributed by atoms with Crippen LogP contribution in [0, 0.1) is 0 Å². The standard InChI is InChI=1S/C20H44N2/c1-3-5-6-7-8-10-14-17-20(22)18-15-12-9-11-13-16-19(21)4-2/h19-20H,3-18,21-22H2,1-2H3. The van der Waals surface area contributed by atoms with Crippen LogP contribution in [0.2, 0.25) is 0 Å². The lowest BCUT2D eigenvalue weighted by molar-refractivity contribution is 0.476. The second-order valence-corrected chi connectivity index (χ2v) is 7.18. The molecule has 134 valence electrons. The van der Waals surface area contributed by atoms with Crippen LogP contribution in [0.1, 0.15) is 117 Å². The van der Waals surface area contributed by atoms with E-state index in [9.17, 15) is 0 Å². The third kappa shape index (κ3) is 16.3. The summed E-state index contributed by atoms with van der Waals surface area (Å²) in [6, 6.07) is 0.875. The Hall–Kier alpha value is -0.0800. The van der Waals surface area contributed by atoms with E-state index in [4.69, 9.17) is 11.5 Å². The van der Waals surface area contributed by atoms with Crippen LogP contribution in [-0.4, -0.2) is 12.1 Å². The molecule has 0 rings (SSSR count). The van der Waals surface area contributed by atoms with Crippen molar-refractivity contribution in [2.45, 2.75) is 129 Å². The van der Waals surface area contributed by atoms with E-state index >= 15 is 0 Å². The zero-order chi connectivity index (χ0) is 16.5. The Bertz CT molecular complexity index is 206. The summed E-state index contributed by atoms with van der Waals surface area (Å²) in [6.07, 6.45) is 21.2. The summed E-state index contributed by atoms with van der Waals surface area (Å²) < 4.78 is 0. The van der Waals surface area contributed by atoms with Gasteiger partial charge in [0.15, 0.2) is 0 Å². The SMILES string of the molecule is CCCCCCCCCC(N)CCCCCCCC(N)CC. The average Bonchev–Trinajstić information content (AvgIpc) is 2.52. The van der Waals surface area contributed by atoms with Gasteiger partial charge < -0.3 is 11.5 Å². The summed E-state index contributed by atoms with van der Waals surface area (Å²) in [7, 11) is 0. The van der Waals surface area contributed by atoms with Gasteiger partial charge in [0, 0.05) is 12.1 Å². The zero-order valence-corrected chi connectivity index (χ0v) is 15.6. The third-order valence-corrected chi connectivity index (χ3v) is 4.85. The van der Waals surface area contributed by atoms with Crippen molar-refractivity contribution < 1.29 is 0 Å². The van der Waals surface area contributed by atoms with Crippen molar-refractivity contribution in [3.63, 3.8) is 0 Å². The fourth-order valence-electron chi connectivity index (χ4n) is 3.06. The monoisotopic (exact) mass is 312 g/mol. The van der Waals surface area contributed by atoms with Crippen molar-refractivity contribution in [3.8, 4) is 0 Å². The first-order chi connectivity index (χ1) is 10.7. The predicted octanol–water partition coefficient (Wildman–Crippen LogP) is 5.92. The van der Waals surface area contributed by atoms with E-state index in [1.807, 2.05) is 0 Å². The first-order valence-electron chi connectivity index (χ1n) is 10.2. The molecule has 0 aromatic carbocycles. The zero-order valence-electron chi connectivity index (χ0n) is 15.6. The van der Waals surface area contributed by atoms with Gasteiger partial charge in [-0.25, -0.2) is 0 Å². The van der Waals surface area contributed by atoms with Crippen LogP contribution in [0.4, 0.5) is 0 Å². The molecule has 0 aromatic rings. The van der Waals surface area contributed by atoms with Crippen molar-refractivity contribution in [2.75, 3.05) is 0 Å². The summed E-state index contributed by atoms with van der Waals surface area (Å²) in [5, 5.41) is 0. The molecule has 0 heterocycles. The molecule has 2 atom stereocenters. The minimum Gasteiger partial charge on any atom is -0.328 e. The van der Waals surface area contributed by atoms with Crippen molar-refractivity contribution in [1.82, 2.24) is 0 Å². The van der Waals surface area contributed by atoms with Gasteiger partial charge in [0.2, 0.25) is 0 Å². The topological polar surface area (TPSA) is 52.0 Å². The molecule has 2 heteroatoms. The van der Waals surface area contributed by atoms with Gasteiger partial charge in [-0.3, -0.25) is 0 Å². The van der Waals surface area contributed by atoms with E-state index < -0.39 is 0 Å². The molecule has 0 fully saturated rings. The summed E-state index contributed by atoms with van der Waals surface area (Å²) >= 11 is 0. The van der Waals surface area contributed by atoms with E-state index in [1.165, 1.54) is 96.3 Å². The number of hydrogen-bond acceptors (Lipinski definition) is 2. The molecule has 4 N–H and O–H groups in total. The maximum absolute atomic E-state index is 6.22. The van der Waals surface area contributed by atoms with Crippen LogP contribution in [0.3, 0.4) is 0 Å². The van der Waals surface area contributed by atoms with Crippen LogP contribution in [0.5, 0.6) is 0 Å². The molecular weight excluding hydrogens is 268 g/mol. The lowest BCUT2D eigenvalue weighted by atomic mass is 10.00.